The summed E-state index contributed by atoms with van der Waals surface area (Å²) in [5.74, 6) is 0.252. The first-order valence-corrected chi connectivity index (χ1v) is 7.52. The average Bonchev–Trinajstić information content (AvgIpc) is 2.45. The SMILES string of the molecule is CCCN(CCC)Cc1cc(Cl)c2cccnc2c1O. The molecule has 0 unspecified atom stereocenters. The van der Waals surface area contributed by atoms with Gasteiger partial charge in [0.15, 0.2) is 0 Å². The van der Waals surface area contributed by atoms with E-state index in [4.69, 9.17) is 11.6 Å². The van der Waals surface area contributed by atoms with Crippen LogP contribution in [0, 0.1) is 0 Å². The third-order valence-electron chi connectivity index (χ3n) is 3.37. The van der Waals surface area contributed by atoms with Crippen molar-refractivity contribution in [1.82, 2.24) is 9.88 Å². The molecule has 0 atom stereocenters. The normalized spacial score (nSPS) is 11.4. The van der Waals surface area contributed by atoms with Gasteiger partial charge in [-0.15, -0.1) is 0 Å². The zero-order valence-corrected chi connectivity index (χ0v) is 12.8. The fourth-order valence-corrected chi connectivity index (χ4v) is 2.79. The van der Waals surface area contributed by atoms with Gasteiger partial charge in [0, 0.05) is 23.7 Å². The highest BCUT2D eigenvalue weighted by atomic mass is 35.5. The molecule has 108 valence electrons. The van der Waals surface area contributed by atoms with Crippen molar-refractivity contribution in [2.45, 2.75) is 33.2 Å². The zero-order chi connectivity index (χ0) is 14.5. The fraction of sp³-hybridized carbons (Fsp3) is 0.438. The lowest BCUT2D eigenvalue weighted by Crippen LogP contribution is -2.25. The maximum absolute atomic E-state index is 10.4. The van der Waals surface area contributed by atoms with Gasteiger partial charge in [-0.3, -0.25) is 9.88 Å². The summed E-state index contributed by atoms with van der Waals surface area (Å²) in [5, 5.41) is 11.9. The van der Waals surface area contributed by atoms with Crippen LogP contribution < -0.4 is 0 Å². The van der Waals surface area contributed by atoms with Crippen LogP contribution in [0.15, 0.2) is 24.4 Å². The second kappa shape index (κ2) is 6.91. The number of nitrogens with zero attached hydrogens (tertiary/aromatic N) is 2. The largest absolute Gasteiger partial charge is 0.505 e. The highest BCUT2D eigenvalue weighted by Gasteiger charge is 2.13. The Morgan fingerprint density at radius 2 is 1.95 bits per heavy atom. The lowest BCUT2D eigenvalue weighted by atomic mass is 10.1. The molecule has 0 aliphatic carbocycles. The van der Waals surface area contributed by atoms with E-state index >= 15 is 0 Å². The number of hydrogen-bond acceptors (Lipinski definition) is 3. The van der Waals surface area contributed by atoms with Gasteiger partial charge in [-0.1, -0.05) is 25.4 Å². The second-order valence-corrected chi connectivity index (χ2v) is 5.45. The molecule has 0 amide bonds. The van der Waals surface area contributed by atoms with Crippen LogP contribution in [-0.2, 0) is 6.54 Å². The summed E-state index contributed by atoms with van der Waals surface area (Å²) in [6.07, 6.45) is 3.87. The Kier molecular flexibility index (Phi) is 5.21. The van der Waals surface area contributed by atoms with Gasteiger partial charge in [0.25, 0.3) is 0 Å². The predicted molar refractivity (Wildman–Crippen MR) is 84.3 cm³/mol. The minimum Gasteiger partial charge on any atom is -0.505 e. The average molecular weight is 293 g/mol. The van der Waals surface area contributed by atoms with Crippen molar-refractivity contribution >= 4 is 22.5 Å². The number of pyridine rings is 1. The van der Waals surface area contributed by atoms with Crippen molar-refractivity contribution in [3.05, 3.63) is 35.0 Å². The lowest BCUT2D eigenvalue weighted by Gasteiger charge is -2.22. The van der Waals surface area contributed by atoms with Gasteiger partial charge in [-0.25, -0.2) is 0 Å². The Bertz CT molecular complexity index is 580. The number of rotatable bonds is 6. The number of aromatic nitrogens is 1. The Morgan fingerprint density at radius 3 is 2.60 bits per heavy atom. The minimum atomic E-state index is 0.252. The van der Waals surface area contributed by atoms with E-state index in [1.807, 2.05) is 18.2 Å². The third kappa shape index (κ3) is 3.22. The molecule has 1 aromatic heterocycles. The smallest absolute Gasteiger partial charge is 0.146 e. The molecule has 0 saturated carbocycles. The van der Waals surface area contributed by atoms with Gasteiger partial charge in [0.2, 0.25) is 0 Å². The summed E-state index contributed by atoms with van der Waals surface area (Å²) in [5.41, 5.74) is 1.44. The molecule has 0 bridgehead atoms. The van der Waals surface area contributed by atoms with Crippen LogP contribution in [0.5, 0.6) is 5.75 Å². The van der Waals surface area contributed by atoms with Crippen LogP contribution in [-0.4, -0.2) is 28.1 Å². The monoisotopic (exact) mass is 292 g/mol. The third-order valence-corrected chi connectivity index (χ3v) is 3.68. The summed E-state index contributed by atoms with van der Waals surface area (Å²) in [4.78, 5) is 6.58. The Hall–Kier alpha value is -1.32. The zero-order valence-electron chi connectivity index (χ0n) is 12.1. The number of fused-ring (bicyclic) bond motifs is 1. The lowest BCUT2D eigenvalue weighted by molar-refractivity contribution is 0.263. The van der Waals surface area contributed by atoms with Crippen LogP contribution in [0.3, 0.4) is 0 Å². The number of phenols is 1. The van der Waals surface area contributed by atoms with E-state index in [9.17, 15) is 5.11 Å². The minimum absolute atomic E-state index is 0.252. The number of phenolic OH excluding ortho intramolecular Hbond substituents is 1. The topological polar surface area (TPSA) is 36.4 Å². The summed E-state index contributed by atoms with van der Waals surface area (Å²) in [6, 6.07) is 5.57. The molecule has 20 heavy (non-hydrogen) atoms. The Labute approximate surface area is 125 Å². The molecule has 0 fully saturated rings. The van der Waals surface area contributed by atoms with Crippen LogP contribution in [0.2, 0.25) is 5.02 Å². The van der Waals surface area contributed by atoms with Crippen LogP contribution >= 0.6 is 11.6 Å². The molecule has 1 N–H and O–H groups in total. The standard InChI is InChI=1S/C16H21ClN2O/c1-3-8-19(9-4-2)11-12-10-14(17)13-6-5-7-18-15(13)16(12)20/h5-7,10,20H,3-4,8-9,11H2,1-2H3. The van der Waals surface area contributed by atoms with E-state index in [1.165, 1.54) is 0 Å². The maximum atomic E-state index is 10.4. The van der Waals surface area contributed by atoms with E-state index in [-0.39, 0.29) is 5.75 Å². The Morgan fingerprint density at radius 1 is 1.25 bits per heavy atom. The molecule has 1 heterocycles. The van der Waals surface area contributed by atoms with Gasteiger partial charge in [0.05, 0.1) is 5.02 Å². The number of halogens is 1. The molecule has 0 saturated heterocycles. The number of aromatic hydroxyl groups is 1. The van der Waals surface area contributed by atoms with E-state index in [0.717, 1.165) is 36.9 Å². The van der Waals surface area contributed by atoms with Crippen molar-refractivity contribution in [3.63, 3.8) is 0 Å². The molecule has 0 spiro atoms. The molecule has 2 aromatic rings. The molecular weight excluding hydrogens is 272 g/mol. The van der Waals surface area contributed by atoms with Crippen molar-refractivity contribution in [3.8, 4) is 5.75 Å². The van der Waals surface area contributed by atoms with Crippen molar-refractivity contribution in [2.24, 2.45) is 0 Å². The van der Waals surface area contributed by atoms with E-state index in [1.54, 1.807) is 6.20 Å². The molecule has 3 nitrogen and oxygen atoms in total. The summed E-state index contributed by atoms with van der Waals surface area (Å²) in [7, 11) is 0. The molecule has 0 aliphatic heterocycles. The van der Waals surface area contributed by atoms with Gasteiger partial charge in [-0.2, -0.15) is 0 Å². The molecule has 1 aromatic carbocycles. The summed E-state index contributed by atoms with van der Waals surface area (Å²) in [6.45, 7) is 7.07. The van der Waals surface area contributed by atoms with Crippen LogP contribution in [0.4, 0.5) is 0 Å². The van der Waals surface area contributed by atoms with Gasteiger partial charge in [0.1, 0.15) is 11.3 Å². The highest BCUT2D eigenvalue weighted by molar-refractivity contribution is 6.35. The first kappa shape index (κ1) is 15.1. The van der Waals surface area contributed by atoms with Gasteiger partial charge in [-0.05, 0) is 44.1 Å². The predicted octanol–water partition coefficient (Wildman–Crippen LogP) is 4.22. The summed E-state index contributed by atoms with van der Waals surface area (Å²) < 4.78 is 0. The van der Waals surface area contributed by atoms with Crippen molar-refractivity contribution < 1.29 is 5.11 Å². The second-order valence-electron chi connectivity index (χ2n) is 5.04. The fourth-order valence-electron chi connectivity index (χ4n) is 2.50. The molecule has 0 radical (unpaired) electrons. The Balaban J connectivity index is 2.36. The molecule has 4 heteroatoms. The number of hydrogen-bond donors (Lipinski definition) is 1. The highest BCUT2D eigenvalue weighted by Crippen LogP contribution is 2.33. The van der Waals surface area contributed by atoms with Crippen molar-refractivity contribution in [1.29, 1.82) is 0 Å². The summed E-state index contributed by atoms with van der Waals surface area (Å²) >= 11 is 6.30. The molecule has 0 aliphatic rings. The van der Waals surface area contributed by atoms with Crippen molar-refractivity contribution in [2.75, 3.05) is 13.1 Å². The first-order chi connectivity index (χ1) is 9.67. The first-order valence-electron chi connectivity index (χ1n) is 7.14. The van der Waals surface area contributed by atoms with E-state index < -0.39 is 0 Å². The van der Waals surface area contributed by atoms with E-state index in [0.29, 0.717) is 17.1 Å². The number of benzene rings is 1. The van der Waals surface area contributed by atoms with Gasteiger partial charge < -0.3 is 5.11 Å². The molecular formula is C16H21ClN2O. The van der Waals surface area contributed by atoms with E-state index in [2.05, 4.69) is 23.7 Å². The maximum Gasteiger partial charge on any atom is 0.146 e. The quantitative estimate of drug-likeness (QED) is 0.866. The molecule has 2 rings (SSSR count). The van der Waals surface area contributed by atoms with Gasteiger partial charge >= 0.3 is 0 Å². The van der Waals surface area contributed by atoms with Crippen LogP contribution in [0.1, 0.15) is 32.3 Å². The van der Waals surface area contributed by atoms with Crippen LogP contribution in [0.25, 0.3) is 10.9 Å².